The van der Waals surface area contributed by atoms with Crippen molar-refractivity contribution in [3.63, 3.8) is 0 Å². The Morgan fingerprint density at radius 2 is 2.04 bits per heavy atom. The second-order valence-corrected chi connectivity index (χ2v) is 5.64. The molecule has 7 heteroatoms. The van der Waals surface area contributed by atoms with Gasteiger partial charge in [0, 0.05) is 17.7 Å². The van der Waals surface area contributed by atoms with Crippen LogP contribution in [0.4, 0.5) is 5.69 Å². The molecule has 7 nitrogen and oxygen atoms in total. The number of anilines is 1. The van der Waals surface area contributed by atoms with Gasteiger partial charge in [0.15, 0.2) is 0 Å². The van der Waals surface area contributed by atoms with Gasteiger partial charge in [-0.3, -0.25) is 4.79 Å². The molecule has 0 unspecified atom stereocenters. The van der Waals surface area contributed by atoms with Crippen LogP contribution in [-0.4, -0.2) is 25.8 Å². The van der Waals surface area contributed by atoms with Crippen molar-refractivity contribution in [3.05, 3.63) is 59.5 Å². The van der Waals surface area contributed by atoms with Gasteiger partial charge >= 0.3 is 0 Å². The Bertz CT molecular complexity index is 787. The van der Waals surface area contributed by atoms with Gasteiger partial charge < -0.3 is 9.84 Å². The molecule has 2 aromatic heterocycles. The van der Waals surface area contributed by atoms with Gasteiger partial charge in [-0.15, -0.1) is 0 Å². The number of carbonyl (C=O) groups is 1. The third kappa shape index (κ3) is 3.87. The minimum atomic E-state index is -0.0287. The number of nitrogens with one attached hydrogen (secondary N) is 1. The lowest BCUT2D eigenvalue weighted by Crippen LogP contribution is -2.12. The Labute approximate surface area is 139 Å². The highest BCUT2D eigenvalue weighted by Gasteiger charge is 2.11. The van der Waals surface area contributed by atoms with Crippen molar-refractivity contribution >= 4 is 11.6 Å². The summed E-state index contributed by atoms with van der Waals surface area (Å²) < 4.78 is 6.86. The van der Waals surface area contributed by atoms with E-state index in [4.69, 9.17) is 4.52 Å². The number of carbonyl (C=O) groups excluding carboxylic acids is 1. The van der Waals surface area contributed by atoms with Crippen LogP contribution in [-0.2, 0) is 17.8 Å². The average molecular weight is 325 g/mol. The molecule has 0 atom stereocenters. The molecular formula is C17H19N5O2. The van der Waals surface area contributed by atoms with E-state index < -0.39 is 0 Å². The van der Waals surface area contributed by atoms with E-state index in [9.17, 15) is 4.79 Å². The topological polar surface area (TPSA) is 85.8 Å². The van der Waals surface area contributed by atoms with Crippen molar-refractivity contribution in [2.45, 2.75) is 33.2 Å². The molecule has 0 radical (unpaired) electrons. The van der Waals surface area contributed by atoms with Crippen LogP contribution in [0.2, 0.25) is 0 Å². The Kier molecular flexibility index (Phi) is 4.69. The quantitative estimate of drug-likeness (QED) is 0.752. The molecule has 24 heavy (non-hydrogen) atoms. The maximum absolute atomic E-state index is 12.1. The van der Waals surface area contributed by atoms with Crippen LogP contribution in [0.15, 0.2) is 41.4 Å². The van der Waals surface area contributed by atoms with Gasteiger partial charge in [0.25, 0.3) is 0 Å². The molecule has 0 saturated heterocycles. The molecule has 3 rings (SSSR count). The molecule has 2 heterocycles. The maximum atomic E-state index is 12.1. The predicted octanol–water partition coefficient (Wildman–Crippen LogP) is 2.50. The third-order valence-corrected chi connectivity index (χ3v) is 3.83. The van der Waals surface area contributed by atoms with Crippen LogP contribution in [0.3, 0.4) is 0 Å². The molecule has 0 aliphatic carbocycles. The summed E-state index contributed by atoms with van der Waals surface area (Å²) in [6.07, 6.45) is 4.19. The molecule has 1 N–H and O–H groups in total. The van der Waals surface area contributed by atoms with Crippen LogP contribution in [0.5, 0.6) is 0 Å². The summed E-state index contributed by atoms with van der Waals surface area (Å²) in [6, 6.07) is 7.71. The average Bonchev–Trinajstić information content (AvgIpc) is 3.18. The van der Waals surface area contributed by atoms with Crippen molar-refractivity contribution in [2.24, 2.45) is 0 Å². The lowest BCUT2D eigenvalue weighted by Gasteiger charge is -2.07. The fourth-order valence-corrected chi connectivity index (χ4v) is 2.52. The number of nitrogens with zero attached hydrogens (tertiary/aromatic N) is 4. The second kappa shape index (κ2) is 7.08. The van der Waals surface area contributed by atoms with E-state index in [0.29, 0.717) is 19.4 Å². The van der Waals surface area contributed by atoms with Gasteiger partial charge in [-0.2, -0.15) is 5.10 Å². The van der Waals surface area contributed by atoms with Crippen molar-refractivity contribution < 1.29 is 9.32 Å². The highest BCUT2D eigenvalue weighted by atomic mass is 16.5. The summed E-state index contributed by atoms with van der Waals surface area (Å²) in [5, 5.41) is 10.9. The SMILES string of the molecule is Cc1noc(C)c1CCC(=O)Nc1ccc(Cn2cncn2)cc1. The minimum Gasteiger partial charge on any atom is -0.361 e. The number of amides is 1. The summed E-state index contributed by atoms with van der Waals surface area (Å²) in [7, 11) is 0. The van der Waals surface area contributed by atoms with E-state index in [1.54, 1.807) is 11.0 Å². The summed E-state index contributed by atoms with van der Waals surface area (Å²) in [4.78, 5) is 16.0. The Morgan fingerprint density at radius 1 is 1.25 bits per heavy atom. The molecule has 1 amide bonds. The number of aromatic nitrogens is 4. The molecule has 0 saturated carbocycles. The van der Waals surface area contributed by atoms with Gasteiger partial charge in [-0.1, -0.05) is 17.3 Å². The Morgan fingerprint density at radius 3 is 2.67 bits per heavy atom. The van der Waals surface area contributed by atoms with Gasteiger partial charge in [-0.25, -0.2) is 9.67 Å². The predicted molar refractivity (Wildman–Crippen MR) is 88.5 cm³/mol. The summed E-state index contributed by atoms with van der Waals surface area (Å²) in [6.45, 7) is 4.40. The van der Waals surface area contributed by atoms with Crippen LogP contribution >= 0.6 is 0 Å². The molecule has 3 aromatic rings. The Balaban J connectivity index is 1.53. The second-order valence-electron chi connectivity index (χ2n) is 5.64. The van der Waals surface area contributed by atoms with Crippen LogP contribution in [0, 0.1) is 13.8 Å². The van der Waals surface area contributed by atoms with Crippen LogP contribution < -0.4 is 5.32 Å². The number of benzene rings is 1. The number of aryl methyl sites for hydroxylation is 2. The largest absolute Gasteiger partial charge is 0.361 e. The maximum Gasteiger partial charge on any atom is 0.224 e. The molecule has 124 valence electrons. The third-order valence-electron chi connectivity index (χ3n) is 3.83. The molecule has 0 aliphatic rings. The number of rotatable bonds is 6. The van der Waals surface area contributed by atoms with E-state index in [2.05, 4.69) is 20.6 Å². The number of hydrogen-bond donors (Lipinski definition) is 1. The standard InChI is InChI=1S/C17H19N5O2/c1-12-16(13(2)24-21-12)7-8-17(23)20-15-5-3-14(4-6-15)9-22-11-18-10-19-22/h3-6,10-11H,7-9H2,1-2H3,(H,20,23). The molecular weight excluding hydrogens is 306 g/mol. The van der Waals surface area contributed by atoms with Crippen LogP contribution in [0.25, 0.3) is 0 Å². The highest BCUT2D eigenvalue weighted by molar-refractivity contribution is 5.90. The Hall–Kier alpha value is -2.96. The van der Waals surface area contributed by atoms with E-state index in [1.807, 2.05) is 38.1 Å². The lowest BCUT2D eigenvalue weighted by atomic mass is 10.1. The molecule has 0 bridgehead atoms. The van der Waals surface area contributed by atoms with E-state index in [0.717, 1.165) is 28.3 Å². The monoisotopic (exact) mass is 325 g/mol. The molecule has 0 spiro atoms. The van der Waals surface area contributed by atoms with Gasteiger partial charge in [-0.05, 0) is 38.0 Å². The molecule has 0 fully saturated rings. The van der Waals surface area contributed by atoms with Crippen molar-refractivity contribution in [3.8, 4) is 0 Å². The molecule has 0 aliphatic heterocycles. The summed E-state index contributed by atoms with van der Waals surface area (Å²) in [5.74, 6) is 0.747. The smallest absolute Gasteiger partial charge is 0.224 e. The fraction of sp³-hybridized carbons (Fsp3) is 0.294. The summed E-state index contributed by atoms with van der Waals surface area (Å²) >= 11 is 0. The first-order valence-corrected chi connectivity index (χ1v) is 7.75. The zero-order valence-electron chi connectivity index (χ0n) is 13.7. The normalized spacial score (nSPS) is 10.8. The van der Waals surface area contributed by atoms with E-state index in [-0.39, 0.29) is 5.91 Å². The first kappa shape index (κ1) is 15.9. The first-order valence-electron chi connectivity index (χ1n) is 7.75. The van der Waals surface area contributed by atoms with Gasteiger partial charge in [0.2, 0.25) is 5.91 Å². The van der Waals surface area contributed by atoms with Gasteiger partial charge in [0.05, 0.1) is 12.2 Å². The minimum absolute atomic E-state index is 0.0287. The first-order chi connectivity index (χ1) is 11.6. The highest BCUT2D eigenvalue weighted by Crippen LogP contribution is 2.15. The number of hydrogen-bond acceptors (Lipinski definition) is 5. The van der Waals surface area contributed by atoms with E-state index in [1.165, 1.54) is 6.33 Å². The lowest BCUT2D eigenvalue weighted by molar-refractivity contribution is -0.116. The molecule has 1 aromatic carbocycles. The summed E-state index contributed by atoms with van der Waals surface area (Å²) in [5.41, 5.74) is 3.72. The van der Waals surface area contributed by atoms with Crippen molar-refractivity contribution in [2.75, 3.05) is 5.32 Å². The van der Waals surface area contributed by atoms with Gasteiger partial charge in [0.1, 0.15) is 18.4 Å². The van der Waals surface area contributed by atoms with E-state index >= 15 is 0 Å². The van der Waals surface area contributed by atoms with Crippen LogP contribution in [0.1, 0.15) is 29.0 Å². The van der Waals surface area contributed by atoms with Crippen molar-refractivity contribution in [1.29, 1.82) is 0 Å². The zero-order valence-corrected chi connectivity index (χ0v) is 13.7. The van der Waals surface area contributed by atoms with Crippen molar-refractivity contribution in [1.82, 2.24) is 19.9 Å². The fourth-order valence-electron chi connectivity index (χ4n) is 2.52. The zero-order chi connectivity index (χ0) is 16.9.